The molecule has 2 nitrogen and oxygen atoms in total. The van der Waals surface area contributed by atoms with Crippen molar-refractivity contribution in [2.75, 3.05) is 0 Å². The molecule has 0 unspecified atom stereocenters. The lowest BCUT2D eigenvalue weighted by Crippen LogP contribution is -2.04. The highest BCUT2D eigenvalue weighted by Crippen LogP contribution is 2.13. The van der Waals surface area contributed by atoms with Crippen LogP contribution in [0.3, 0.4) is 0 Å². The predicted octanol–water partition coefficient (Wildman–Crippen LogP) is 3.78. The third-order valence-electron chi connectivity index (χ3n) is 2.95. The smallest absolute Gasteiger partial charge is 0.133 e. The number of Topliss-reactive ketones (excluding diaryl/α,β-unsaturated/α-hetero) is 1. The molecule has 0 bridgehead atoms. The second-order valence-electron chi connectivity index (χ2n) is 5.13. The molecule has 0 saturated heterocycles. The molecule has 0 amide bonds. The second kappa shape index (κ2) is 5.76. The molecule has 0 aliphatic rings. The molecule has 0 fully saturated rings. The van der Waals surface area contributed by atoms with Gasteiger partial charge in [-0.1, -0.05) is 38.1 Å². The first-order chi connectivity index (χ1) is 8.65. The van der Waals surface area contributed by atoms with E-state index < -0.39 is 0 Å². The molecular weight excluding hydrogens is 222 g/mol. The van der Waals surface area contributed by atoms with Gasteiger partial charge >= 0.3 is 0 Å². The lowest BCUT2D eigenvalue weighted by Gasteiger charge is -2.04. The Balaban J connectivity index is 2.01. The molecule has 1 aromatic carbocycles. The van der Waals surface area contributed by atoms with Gasteiger partial charge < -0.3 is 0 Å². The first-order valence-electron chi connectivity index (χ1n) is 6.51. The van der Waals surface area contributed by atoms with Gasteiger partial charge in [0.2, 0.25) is 0 Å². The number of aromatic nitrogens is 1. The van der Waals surface area contributed by atoms with Crippen LogP contribution in [0.25, 0.3) is 10.9 Å². The van der Waals surface area contributed by atoms with Crippen molar-refractivity contribution in [3.05, 3.63) is 42.1 Å². The second-order valence-corrected chi connectivity index (χ2v) is 5.13. The number of pyridine rings is 1. The topological polar surface area (TPSA) is 30.0 Å². The summed E-state index contributed by atoms with van der Waals surface area (Å²) in [5, 5.41) is 1.15. The monoisotopic (exact) mass is 241 g/mol. The zero-order valence-electron chi connectivity index (χ0n) is 11.0. The van der Waals surface area contributed by atoms with Crippen molar-refractivity contribution in [1.82, 2.24) is 4.98 Å². The summed E-state index contributed by atoms with van der Waals surface area (Å²) in [4.78, 5) is 16.2. The molecule has 1 aromatic heterocycles. The zero-order chi connectivity index (χ0) is 13.0. The summed E-state index contributed by atoms with van der Waals surface area (Å²) in [6.07, 6.45) is 2.02. The molecule has 94 valence electrons. The quantitative estimate of drug-likeness (QED) is 0.797. The van der Waals surface area contributed by atoms with Gasteiger partial charge in [-0.15, -0.1) is 0 Å². The van der Waals surface area contributed by atoms with Crippen LogP contribution in [0.15, 0.2) is 36.4 Å². The number of rotatable bonds is 5. The summed E-state index contributed by atoms with van der Waals surface area (Å²) in [6.45, 7) is 4.15. The van der Waals surface area contributed by atoms with Crippen molar-refractivity contribution in [3.63, 3.8) is 0 Å². The van der Waals surface area contributed by atoms with E-state index in [-0.39, 0.29) is 0 Å². The van der Waals surface area contributed by atoms with E-state index in [2.05, 4.69) is 31.0 Å². The standard InChI is InChI=1S/C16H19NO/c1-12(2)11-15(18)10-9-14-8-7-13-5-3-4-6-16(13)17-14/h3-8,12H,9-11H2,1-2H3. The summed E-state index contributed by atoms with van der Waals surface area (Å²) in [5.41, 5.74) is 2.01. The van der Waals surface area contributed by atoms with E-state index in [0.29, 0.717) is 24.5 Å². The lowest BCUT2D eigenvalue weighted by molar-refractivity contribution is -0.119. The molecule has 0 spiro atoms. The van der Waals surface area contributed by atoms with Gasteiger partial charge in [-0.2, -0.15) is 0 Å². The molecule has 18 heavy (non-hydrogen) atoms. The van der Waals surface area contributed by atoms with E-state index in [4.69, 9.17) is 0 Å². The number of benzene rings is 1. The average molecular weight is 241 g/mol. The van der Waals surface area contributed by atoms with Crippen LogP contribution in [0.4, 0.5) is 0 Å². The molecule has 0 aliphatic carbocycles. The van der Waals surface area contributed by atoms with Crippen molar-refractivity contribution in [2.45, 2.75) is 33.1 Å². The molecule has 1 heterocycles. The van der Waals surface area contributed by atoms with Crippen molar-refractivity contribution >= 4 is 16.7 Å². The van der Waals surface area contributed by atoms with Crippen molar-refractivity contribution < 1.29 is 4.79 Å². The van der Waals surface area contributed by atoms with Gasteiger partial charge in [0.05, 0.1) is 5.52 Å². The average Bonchev–Trinajstić information content (AvgIpc) is 2.35. The van der Waals surface area contributed by atoms with Crippen LogP contribution in [0.2, 0.25) is 0 Å². The Morgan fingerprint density at radius 1 is 1.17 bits per heavy atom. The number of aryl methyl sites for hydroxylation is 1. The van der Waals surface area contributed by atoms with Gasteiger partial charge in [0, 0.05) is 23.9 Å². The van der Waals surface area contributed by atoms with Gasteiger partial charge in [-0.05, 0) is 24.5 Å². The Hall–Kier alpha value is -1.70. The van der Waals surface area contributed by atoms with Crippen LogP contribution in [0.1, 0.15) is 32.4 Å². The van der Waals surface area contributed by atoms with Crippen LogP contribution in [0, 0.1) is 5.92 Å². The summed E-state index contributed by atoms with van der Waals surface area (Å²) < 4.78 is 0. The number of nitrogens with zero attached hydrogens (tertiary/aromatic N) is 1. The van der Waals surface area contributed by atoms with Crippen LogP contribution in [0.5, 0.6) is 0 Å². The number of hydrogen-bond acceptors (Lipinski definition) is 2. The number of para-hydroxylation sites is 1. The van der Waals surface area contributed by atoms with Crippen LogP contribution < -0.4 is 0 Å². The number of ketones is 1. The predicted molar refractivity (Wildman–Crippen MR) is 74.5 cm³/mol. The summed E-state index contributed by atoms with van der Waals surface area (Å²) in [7, 11) is 0. The SMILES string of the molecule is CC(C)CC(=O)CCc1ccc2ccccc2n1. The molecule has 2 aromatic rings. The molecule has 2 rings (SSSR count). The number of hydrogen-bond donors (Lipinski definition) is 0. The molecular formula is C16H19NO. The van der Waals surface area contributed by atoms with Crippen LogP contribution in [-0.2, 0) is 11.2 Å². The zero-order valence-corrected chi connectivity index (χ0v) is 11.0. The number of carbonyl (C=O) groups is 1. The van der Waals surface area contributed by atoms with Crippen LogP contribution in [-0.4, -0.2) is 10.8 Å². The van der Waals surface area contributed by atoms with E-state index in [1.165, 1.54) is 0 Å². The molecule has 0 saturated carbocycles. The fourth-order valence-electron chi connectivity index (χ4n) is 2.07. The first kappa shape index (κ1) is 12.7. The highest BCUT2D eigenvalue weighted by molar-refractivity contribution is 5.80. The van der Waals surface area contributed by atoms with Crippen molar-refractivity contribution in [2.24, 2.45) is 5.92 Å². The number of carbonyl (C=O) groups excluding carboxylic acids is 1. The largest absolute Gasteiger partial charge is 0.300 e. The molecule has 0 aliphatic heterocycles. The minimum atomic E-state index is 0.333. The Kier molecular flexibility index (Phi) is 4.08. The van der Waals surface area contributed by atoms with E-state index in [9.17, 15) is 4.79 Å². The molecule has 2 heteroatoms. The maximum Gasteiger partial charge on any atom is 0.133 e. The van der Waals surface area contributed by atoms with Gasteiger partial charge in [0.1, 0.15) is 5.78 Å². The lowest BCUT2D eigenvalue weighted by atomic mass is 10.0. The summed E-state index contributed by atoms with van der Waals surface area (Å²) in [6, 6.07) is 12.2. The third kappa shape index (κ3) is 3.39. The molecule has 0 radical (unpaired) electrons. The number of fused-ring (bicyclic) bond motifs is 1. The van der Waals surface area contributed by atoms with Gasteiger partial charge in [0.15, 0.2) is 0 Å². The Morgan fingerprint density at radius 3 is 2.72 bits per heavy atom. The van der Waals surface area contributed by atoms with Gasteiger partial charge in [-0.3, -0.25) is 9.78 Å². The fraction of sp³-hybridized carbons (Fsp3) is 0.375. The summed E-state index contributed by atoms with van der Waals surface area (Å²) >= 11 is 0. The molecule has 0 N–H and O–H groups in total. The minimum absolute atomic E-state index is 0.333. The maximum atomic E-state index is 11.7. The van der Waals surface area contributed by atoms with E-state index in [1.807, 2.05) is 24.3 Å². The van der Waals surface area contributed by atoms with Gasteiger partial charge in [-0.25, -0.2) is 0 Å². The van der Waals surface area contributed by atoms with Gasteiger partial charge in [0.25, 0.3) is 0 Å². The minimum Gasteiger partial charge on any atom is -0.300 e. The first-order valence-corrected chi connectivity index (χ1v) is 6.51. The van der Waals surface area contributed by atoms with E-state index in [0.717, 1.165) is 23.0 Å². The normalized spacial score (nSPS) is 11.1. The molecule has 0 atom stereocenters. The Bertz CT molecular complexity index is 546. The Labute approximate surface area is 108 Å². The highest BCUT2D eigenvalue weighted by Gasteiger charge is 2.06. The van der Waals surface area contributed by atoms with Crippen molar-refractivity contribution in [1.29, 1.82) is 0 Å². The fourth-order valence-corrected chi connectivity index (χ4v) is 2.07. The highest BCUT2D eigenvalue weighted by atomic mass is 16.1. The van der Waals surface area contributed by atoms with Crippen LogP contribution >= 0.6 is 0 Å². The third-order valence-corrected chi connectivity index (χ3v) is 2.95. The summed E-state index contributed by atoms with van der Waals surface area (Å²) in [5.74, 6) is 0.780. The van der Waals surface area contributed by atoms with E-state index >= 15 is 0 Å². The van der Waals surface area contributed by atoms with E-state index in [1.54, 1.807) is 0 Å². The Morgan fingerprint density at radius 2 is 1.94 bits per heavy atom. The maximum absolute atomic E-state index is 11.7. The van der Waals surface area contributed by atoms with Crippen molar-refractivity contribution in [3.8, 4) is 0 Å².